The summed E-state index contributed by atoms with van der Waals surface area (Å²) in [7, 11) is 0. The van der Waals surface area contributed by atoms with Gasteiger partial charge in [-0.2, -0.15) is 0 Å². The first kappa shape index (κ1) is 24.3. The van der Waals surface area contributed by atoms with Gasteiger partial charge in [0.15, 0.2) is 10.8 Å². The molecule has 2 amide bonds. The van der Waals surface area contributed by atoms with Crippen LogP contribution in [0.2, 0.25) is 5.02 Å². The Morgan fingerprint density at radius 1 is 1.12 bits per heavy atom. The number of rotatable bonds is 7. The lowest BCUT2D eigenvalue weighted by Gasteiger charge is -2.31. The first-order valence-electron chi connectivity index (χ1n) is 10.8. The Balaban J connectivity index is 1.30. The highest BCUT2D eigenvalue weighted by Gasteiger charge is 2.27. The van der Waals surface area contributed by atoms with Gasteiger partial charge in [-0.05, 0) is 31.4 Å². The fourth-order valence-electron chi connectivity index (χ4n) is 3.66. The van der Waals surface area contributed by atoms with E-state index in [0.29, 0.717) is 35.4 Å². The van der Waals surface area contributed by atoms with Crippen LogP contribution in [-0.4, -0.2) is 52.3 Å². The van der Waals surface area contributed by atoms with E-state index >= 15 is 0 Å². The summed E-state index contributed by atoms with van der Waals surface area (Å²) < 4.78 is 4.91. The topological polar surface area (TPSA) is 101 Å². The Hall–Kier alpha value is -2.82. The lowest BCUT2D eigenvalue weighted by Crippen LogP contribution is -2.38. The average Bonchev–Trinajstić information content (AvgIpc) is 3.51. The fraction of sp³-hybridized carbons (Fsp3) is 0.348. The number of esters is 1. The maximum absolute atomic E-state index is 12.7. The number of amides is 2. The van der Waals surface area contributed by atoms with Crippen molar-refractivity contribution in [2.45, 2.75) is 32.1 Å². The molecular formula is C23H23ClN4O4S2. The molecule has 1 aliphatic rings. The minimum Gasteiger partial charge on any atom is -0.461 e. The van der Waals surface area contributed by atoms with Crippen molar-refractivity contribution in [2.24, 2.45) is 0 Å². The summed E-state index contributed by atoms with van der Waals surface area (Å²) in [6.45, 7) is 3.26. The van der Waals surface area contributed by atoms with Gasteiger partial charge < -0.3 is 9.64 Å². The lowest BCUT2D eigenvalue weighted by atomic mass is 9.97. The second-order valence-corrected chi connectivity index (χ2v) is 9.86. The van der Waals surface area contributed by atoms with Gasteiger partial charge in [0.25, 0.3) is 5.91 Å². The van der Waals surface area contributed by atoms with Crippen molar-refractivity contribution in [1.29, 1.82) is 0 Å². The number of anilines is 1. The Morgan fingerprint density at radius 3 is 2.59 bits per heavy atom. The molecule has 3 heterocycles. The van der Waals surface area contributed by atoms with Crippen molar-refractivity contribution in [3.05, 3.63) is 62.0 Å². The number of ether oxygens (including phenoxy) is 1. The number of nitrogens with one attached hydrogen (secondary N) is 1. The van der Waals surface area contributed by atoms with Gasteiger partial charge in [0, 0.05) is 34.8 Å². The summed E-state index contributed by atoms with van der Waals surface area (Å²) in [4.78, 5) is 47.5. The second kappa shape index (κ2) is 11.1. The minimum absolute atomic E-state index is 0.0661. The van der Waals surface area contributed by atoms with E-state index < -0.39 is 5.97 Å². The van der Waals surface area contributed by atoms with Crippen LogP contribution in [0.25, 0.3) is 0 Å². The summed E-state index contributed by atoms with van der Waals surface area (Å²) in [5.41, 5.74) is 1.31. The highest BCUT2D eigenvalue weighted by Crippen LogP contribution is 2.31. The molecule has 0 spiro atoms. The van der Waals surface area contributed by atoms with Gasteiger partial charge in [0.1, 0.15) is 5.69 Å². The maximum atomic E-state index is 12.7. The molecular weight excluding hydrogens is 496 g/mol. The molecule has 1 N–H and O–H groups in total. The summed E-state index contributed by atoms with van der Waals surface area (Å²) in [6.07, 6.45) is 1.87. The zero-order chi connectivity index (χ0) is 24.1. The number of nitrogens with zero attached hydrogens (tertiary/aromatic N) is 3. The van der Waals surface area contributed by atoms with E-state index in [2.05, 4.69) is 15.3 Å². The Labute approximate surface area is 209 Å². The second-order valence-electron chi connectivity index (χ2n) is 7.71. The van der Waals surface area contributed by atoms with E-state index in [1.807, 2.05) is 23.1 Å². The molecule has 1 fully saturated rings. The summed E-state index contributed by atoms with van der Waals surface area (Å²) in [5.74, 6) is -0.630. The van der Waals surface area contributed by atoms with Crippen LogP contribution in [0.3, 0.4) is 0 Å². The third-order valence-electron chi connectivity index (χ3n) is 5.46. The van der Waals surface area contributed by atoms with Gasteiger partial charge in [-0.25, -0.2) is 14.8 Å². The zero-order valence-corrected chi connectivity index (χ0v) is 20.8. The van der Waals surface area contributed by atoms with Crippen LogP contribution in [0.4, 0.5) is 5.13 Å². The molecule has 4 rings (SSSR count). The van der Waals surface area contributed by atoms with Crippen molar-refractivity contribution in [2.75, 3.05) is 25.0 Å². The molecule has 11 heteroatoms. The maximum Gasteiger partial charge on any atom is 0.357 e. The van der Waals surface area contributed by atoms with Crippen molar-refractivity contribution in [1.82, 2.24) is 14.9 Å². The van der Waals surface area contributed by atoms with Crippen LogP contribution in [-0.2, 0) is 16.0 Å². The summed E-state index contributed by atoms with van der Waals surface area (Å²) in [5, 5.41) is 7.75. The quantitative estimate of drug-likeness (QED) is 0.457. The Bertz CT molecular complexity index is 1190. The van der Waals surface area contributed by atoms with E-state index in [9.17, 15) is 14.4 Å². The predicted octanol–water partition coefficient (Wildman–Crippen LogP) is 4.63. The summed E-state index contributed by atoms with van der Waals surface area (Å²) >= 11 is 8.78. The van der Waals surface area contributed by atoms with Gasteiger partial charge >= 0.3 is 5.97 Å². The van der Waals surface area contributed by atoms with Crippen LogP contribution >= 0.6 is 34.3 Å². The molecule has 0 bridgehead atoms. The molecule has 1 saturated heterocycles. The van der Waals surface area contributed by atoms with Crippen LogP contribution in [0, 0.1) is 0 Å². The van der Waals surface area contributed by atoms with Gasteiger partial charge in [-0.15, -0.1) is 22.7 Å². The van der Waals surface area contributed by atoms with Crippen LogP contribution in [0.15, 0.2) is 35.0 Å². The third kappa shape index (κ3) is 5.81. The lowest BCUT2D eigenvalue weighted by molar-refractivity contribution is -0.131. The zero-order valence-electron chi connectivity index (χ0n) is 18.5. The number of aromatic nitrogens is 2. The molecule has 0 radical (unpaired) electrons. The molecule has 2 aromatic heterocycles. The number of carbonyl (C=O) groups excluding carboxylic acids is 3. The number of benzene rings is 1. The largest absolute Gasteiger partial charge is 0.461 e. The molecule has 1 aliphatic heterocycles. The number of piperidine rings is 1. The van der Waals surface area contributed by atoms with Crippen LogP contribution in [0.5, 0.6) is 0 Å². The number of halogens is 1. The summed E-state index contributed by atoms with van der Waals surface area (Å²) in [6, 6.07) is 7.39. The van der Waals surface area contributed by atoms with E-state index in [-0.39, 0.29) is 30.0 Å². The molecule has 0 saturated carbocycles. The van der Waals surface area contributed by atoms with Crippen molar-refractivity contribution in [3.63, 3.8) is 0 Å². The van der Waals surface area contributed by atoms with Crippen molar-refractivity contribution >= 4 is 57.2 Å². The SMILES string of the molecule is CCOC(=O)c1csc(NC(=O)c2csc(C3CCN(C(=O)Cc4ccccc4Cl)CC3)n2)n1. The first-order valence-corrected chi connectivity index (χ1v) is 13.0. The molecule has 3 aromatic rings. The molecule has 34 heavy (non-hydrogen) atoms. The molecule has 0 aliphatic carbocycles. The van der Waals surface area contributed by atoms with E-state index in [1.165, 1.54) is 11.3 Å². The number of hydrogen-bond acceptors (Lipinski definition) is 8. The van der Waals surface area contributed by atoms with Crippen LogP contribution in [0.1, 0.15) is 57.2 Å². The number of hydrogen-bond donors (Lipinski definition) is 1. The molecule has 1 aromatic carbocycles. The van der Waals surface area contributed by atoms with Gasteiger partial charge in [0.05, 0.1) is 18.0 Å². The van der Waals surface area contributed by atoms with Gasteiger partial charge in [-0.3, -0.25) is 14.9 Å². The first-order chi connectivity index (χ1) is 16.4. The van der Waals surface area contributed by atoms with E-state index in [0.717, 1.165) is 34.7 Å². The highest BCUT2D eigenvalue weighted by atomic mass is 35.5. The average molecular weight is 519 g/mol. The van der Waals surface area contributed by atoms with Gasteiger partial charge in [-0.1, -0.05) is 29.8 Å². The van der Waals surface area contributed by atoms with Crippen molar-refractivity contribution in [3.8, 4) is 0 Å². The normalized spacial score (nSPS) is 14.1. The van der Waals surface area contributed by atoms with Crippen LogP contribution < -0.4 is 5.32 Å². The molecule has 0 atom stereocenters. The number of thiazole rings is 2. The molecule has 178 valence electrons. The smallest absolute Gasteiger partial charge is 0.357 e. The Kier molecular flexibility index (Phi) is 7.91. The number of likely N-dealkylation sites (tertiary alicyclic amines) is 1. The standard InChI is InChI=1S/C23H23ClN4O4S2/c1-2-32-22(31)18-13-34-23(26-18)27-20(30)17-12-33-21(25-17)14-7-9-28(10-8-14)19(29)11-15-5-3-4-6-16(15)24/h3-6,12-14H,2,7-11H2,1H3,(H,26,27,30). The van der Waals surface area contributed by atoms with Crippen molar-refractivity contribution < 1.29 is 19.1 Å². The monoisotopic (exact) mass is 518 g/mol. The Morgan fingerprint density at radius 2 is 1.85 bits per heavy atom. The fourth-order valence-corrected chi connectivity index (χ4v) is 5.51. The predicted molar refractivity (Wildman–Crippen MR) is 132 cm³/mol. The molecule has 0 unspecified atom stereocenters. The van der Waals surface area contributed by atoms with E-state index in [1.54, 1.807) is 23.8 Å². The van der Waals surface area contributed by atoms with E-state index in [4.69, 9.17) is 16.3 Å². The highest BCUT2D eigenvalue weighted by molar-refractivity contribution is 7.14. The third-order valence-corrected chi connectivity index (χ3v) is 7.59. The van der Waals surface area contributed by atoms with Gasteiger partial charge in [0.2, 0.25) is 5.91 Å². The number of carbonyl (C=O) groups is 3. The molecule has 8 nitrogen and oxygen atoms in total. The minimum atomic E-state index is -0.521.